The van der Waals surface area contributed by atoms with Crippen LogP contribution < -0.4 is 5.32 Å². The van der Waals surface area contributed by atoms with Gasteiger partial charge in [0, 0.05) is 17.2 Å². The third-order valence-electron chi connectivity index (χ3n) is 4.63. The lowest BCUT2D eigenvalue weighted by Gasteiger charge is -2.14. The maximum absolute atomic E-state index is 12.8. The van der Waals surface area contributed by atoms with Crippen LogP contribution in [0, 0.1) is 6.92 Å². The van der Waals surface area contributed by atoms with E-state index in [9.17, 15) is 4.79 Å². The number of aryl methyl sites for hydroxylation is 1. The smallest absolute Gasteiger partial charge is 0.239 e. The Balaban J connectivity index is 1.65. The van der Waals surface area contributed by atoms with Crippen LogP contribution in [0.25, 0.3) is 22.5 Å². The van der Waals surface area contributed by atoms with Crippen molar-refractivity contribution in [2.24, 2.45) is 0 Å². The molecule has 0 aliphatic carbocycles. The van der Waals surface area contributed by atoms with Crippen LogP contribution in [0.2, 0.25) is 0 Å². The van der Waals surface area contributed by atoms with Gasteiger partial charge in [-0.1, -0.05) is 84.5 Å². The molecule has 4 aromatic rings. The molecule has 0 spiro atoms. The van der Waals surface area contributed by atoms with Crippen molar-refractivity contribution in [3.63, 3.8) is 0 Å². The molecule has 31 heavy (non-hydrogen) atoms. The number of benzene rings is 2. The number of nitrogens with zero attached hydrogens (tertiary/aromatic N) is 3. The first kappa shape index (κ1) is 20.8. The summed E-state index contributed by atoms with van der Waals surface area (Å²) < 4.78 is 5.03. The molecule has 0 bridgehead atoms. The number of anilines is 1. The van der Waals surface area contributed by atoms with Gasteiger partial charge in [0.05, 0.1) is 16.6 Å². The van der Waals surface area contributed by atoms with Gasteiger partial charge in [-0.25, -0.2) is 9.97 Å². The lowest BCUT2D eigenvalue weighted by Crippen LogP contribution is -2.25. The maximum atomic E-state index is 12.8. The highest BCUT2D eigenvalue weighted by molar-refractivity contribution is 8.00. The van der Waals surface area contributed by atoms with Gasteiger partial charge in [0.15, 0.2) is 11.0 Å². The number of amides is 1. The summed E-state index contributed by atoms with van der Waals surface area (Å²) >= 11 is 1.35. The summed E-state index contributed by atoms with van der Waals surface area (Å²) in [5, 5.41) is 6.83. The highest BCUT2D eigenvalue weighted by Gasteiger charge is 2.21. The van der Waals surface area contributed by atoms with E-state index in [4.69, 9.17) is 14.5 Å². The number of thioether (sulfide) groups is 1. The molecule has 0 aliphatic heterocycles. The summed E-state index contributed by atoms with van der Waals surface area (Å²) in [6.07, 6.45) is 0.618. The van der Waals surface area contributed by atoms with Crippen molar-refractivity contribution in [2.45, 2.75) is 30.7 Å². The van der Waals surface area contributed by atoms with Gasteiger partial charge < -0.3 is 9.84 Å². The first-order valence-corrected chi connectivity index (χ1v) is 10.9. The number of hydrogen-bond acceptors (Lipinski definition) is 6. The molecule has 7 heteroatoms. The normalized spacial score (nSPS) is 11.8. The first-order valence-electron chi connectivity index (χ1n) is 10.0. The van der Waals surface area contributed by atoms with Gasteiger partial charge in [0.2, 0.25) is 5.91 Å². The molecule has 2 heterocycles. The summed E-state index contributed by atoms with van der Waals surface area (Å²) in [5.41, 5.74) is 3.64. The minimum Gasteiger partial charge on any atom is -0.360 e. The Morgan fingerprint density at radius 3 is 2.03 bits per heavy atom. The van der Waals surface area contributed by atoms with E-state index in [1.54, 1.807) is 13.0 Å². The molecule has 4 rings (SSSR count). The SMILES string of the molecule is CC[C@H](Sc1nc(-c2ccccc2)cc(-c2ccccc2)n1)C(=O)Nc1cc(C)on1. The molecule has 0 unspecified atom stereocenters. The van der Waals surface area contributed by atoms with Crippen molar-refractivity contribution in [2.75, 3.05) is 5.32 Å². The van der Waals surface area contributed by atoms with Crippen molar-refractivity contribution in [3.05, 3.63) is 78.6 Å². The zero-order valence-electron chi connectivity index (χ0n) is 17.3. The van der Waals surface area contributed by atoms with Gasteiger partial charge in [0.25, 0.3) is 0 Å². The minimum atomic E-state index is -0.369. The van der Waals surface area contributed by atoms with Crippen LogP contribution in [0.15, 0.2) is 82.5 Å². The topological polar surface area (TPSA) is 80.9 Å². The van der Waals surface area contributed by atoms with Gasteiger partial charge in [-0.3, -0.25) is 4.79 Å². The third kappa shape index (κ3) is 5.19. The van der Waals surface area contributed by atoms with Crippen LogP contribution in [-0.4, -0.2) is 26.3 Å². The van der Waals surface area contributed by atoms with E-state index in [0.717, 1.165) is 22.5 Å². The Hall–Kier alpha value is -3.45. The maximum Gasteiger partial charge on any atom is 0.239 e. The zero-order chi connectivity index (χ0) is 21.6. The molecule has 1 atom stereocenters. The second-order valence-electron chi connectivity index (χ2n) is 6.98. The average Bonchev–Trinajstić information content (AvgIpc) is 3.22. The number of carbonyl (C=O) groups is 1. The lowest BCUT2D eigenvalue weighted by atomic mass is 10.1. The molecule has 0 aliphatic rings. The second-order valence-corrected chi connectivity index (χ2v) is 8.15. The van der Waals surface area contributed by atoms with Crippen molar-refractivity contribution in [3.8, 4) is 22.5 Å². The summed E-state index contributed by atoms with van der Waals surface area (Å²) in [5.74, 6) is 0.892. The number of carbonyl (C=O) groups excluding carboxylic acids is 1. The molecule has 0 radical (unpaired) electrons. The Bertz CT molecular complexity index is 1100. The summed E-state index contributed by atoms with van der Waals surface area (Å²) in [7, 11) is 0. The Kier molecular flexibility index (Phi) is 6.43. The number of rotatable bonds is 7. The van der Waals surface area contributed by atoms with Crippen LogP contribution in [0.5, 0.6) is 0 Å². The van der Waals surface area contributed by atoms with E-state index < -0.39 is 0 Å². The van der Waals surface area contributed by atoms with Crippen LogP contribution in [0.1, 0.15) is 19.1 Å². The quantitative estimate of drug-likeness (QED) is 0.303. The van der Waals surface area contributed by atoms with Gasteiger partial charge in [-0.15, -0.1) is 0 Å². The fourth-order valence-corrected chi connectivity index (χ4v) is 3.96. The van der Waals surface area contributed by atoms with E-state index in [1.165, 1.54) is 11.8 Å². The molecule has 0 saturated carbocycles. The minimum absolute atomic E-state index is 0.157. The average molecular weight is 431 g/mol. The highest BCUT2D eigenvalue weighted by atomic mass is 32.2. The van der Waals surface area contributed by atoms with Crippen LogP contribution in [-0.2, 0) is 4.79 Å². The van der Waals surface area contributed by atoms with E-state index in [-0.39, 0.29) is 11.2 Å². The van der Waals surface area contributed by atoms with Crippen LogP contribution in [0.4, 0.5) is 5.82 Å². The molecule has 0 saturated heterocycles. The Morgan fingerprint density at radius 1 is 0.968 bits per heavy atom. The Labute approximate surface area is 185 Å². The monoisotopic (exact) mass is 430 g/mol. The molecule has 1 amide bonds. The Morgan fingerprint density at radius 2 is 1.55 bits per heavy atom. The molecule has 156 valence electrons. The molecule has 1 N–H and O–H groups in total. The zero-order valence-corrected chi connectivity index (χ0v) is 18.1. The van der Waals surface area contributed by atoms with Crippen molar-refractivity contribution < 1.29 is 9.32 Å². The largest absolute Gasteiger partial charge is 0.360 e. The van der Waals surface area contributed by atoms with Crippen molar-refractivity contribution in [1.82, 2.24) is 15.1 Å². The van der Waals surface area contributed by atoms with Crippen LogP contribution in [0.3, 0.4) is 0 Å². The fourth-order valence-electron chi connectivity index (χ4n) is 3.07. The van der Waals surface area contributed by atoms with Crippen molar-refractivity contribution >= 4 is 23.5 Å². The predicted molar refractivity (Wildman–Crippen MR) is 123 cm³/mol. The predicted octanol–water partition coefficient (Wildman–Crippen LogP) is 5.62. The highest BCUT2D eigenvalue weighted by Crippen LogP contribution is 2.30. The van der Waals surface area contributed by atoms with E-state index >= 15 is 0 Å². The lowest BCUT2D eigenvalue weighted by molar-refractivity contribution is -0.115. The summed E-state index contributed by atoms with van der Waals surface area (Å²) in [6, 6.07) is 23.6. The number of nitrogens with one attached hydrogen (secondary N) is 1. The van der Waals surface area contributed by atoms with Gasteiger partial charge in [-0.05, 0) is 19.4 Å². The standard InChI is InChI=1S/C24H22N4O2S/c1-3-21(23(29)27-22-14-16(2)30-28-22)31-24-25-19(17-10-6-4-7-11-17)15-20(26-24)18-12-8-5-9-13-18/h4-15,21H,3H2,1-2H3,(H,27,28,29)/t21-/m0/s1. The second kappa shape index (κ2) is 9.57. The van der Waals surface area contributed by atoms with Gasteiger partial charge in [0.1, 0.15) is 5.76 Å². The number of aromatic nitrogens is 3. The molecule has 2 aromatic carbocycles. The van der Waals surface area contributed by atoms with Crippen LogP contribution >= 0.6 is 11.8 Å². The molecule has 0 fully saturated rings. The molecule has 2 aromatic heterocycles. The van der Waals surface area contributed by atoms with Gasteiger partial charge in [-0.2, -0.15) is 0 Å². The van der Waals surface area contributed by atoms with Crippen molar-refractivity contribution in [1.29, 1.82) is 0 Å². The van der Waals surface area contributed by atoms with E-state index in [2.05, 4.69) is 10.5 Å². The van der Waals surface area contributed by atoms with Gasteiger partial charge >= 0.3 is 0 Å². The molecular weight excluding hydrogens is 408 g/mol. The summed E-state index contributed by atoms with van der Waals surface area (Å²) in [4.78, 5) is 22.3. The fraction of sp³-hybridized carbons (Fsp3) is 0.167. The third-order valence-corrected chi connectivity index (χ3v) is 5.86. The molecule has 6 nitrogen and oxygen atoms in total. The first-order chi connectivity index (χ1) is 15.1. The van der Waals surface area contributed by atoms with E-state index in [0.29, 0.717) is 23.2 Å². The summed E-state index contributed by atoms with van der Waals surface area (Å²) in [6.45, 7) is 3.74. The molecular formula is C24H22N4O2S. The van der Waals surface area contributed by atoms with E-state index in [1.807, 2.05) is 73.7 Å². The number of hydrogen-bond donors (Lipinski definition) is 1.